The molecule has 1 amide bonds. The van der Waals surface area contributed by atoms with Crippen molar-refractivity contribution in [3.8, 4) is 0 Å². The summed E-state index contributed by atoms with van der Waals surface area (Å²) in [4.78, 5) is 40.4. The van der Waals surface area contributed by atoms with Gasteiger partial charge in [0.25, 0.3) is 5.56 Å². The summed E-state index contributed by atoms with van der Waals surface area (Å²) in [6.45, 7) is -0.586. The number of anilines is 1. The number of rotatable bonds is 3. The van der Waals surface area contributed by atoms with Crippen LogP contribution in [0.5, 0.6) is 0 Å². The van der Waals surface area contributed by atoms with Crippen LogP contribution in [0.2, 0.25) is 0 Å². The van der Waals surface area contributed by atoms with Gasteiger partial charge in [-0.2, -0.15) is 13.2 Å². The zero-order valence-electron chi connectivity index (χ0n) is 13.9. The summed E-state index contributed by atoms with van der Waals surface area (Å²) >= 11 is 0. The van der Waals surface area contributed by atoms with Gasteiger partial charge in [0.2, 0.25) is 5.91 Å². The van der Waals surface area contributed by atoms with Gasteiger partial charge in [0.05, 0.1) is 5.39 Å². The number of para-hydroxylation sites is 1. The number of pyridine rings is 1. The molecule has 1 N–H and O–H groups in total. The minimum absolute atomic E-state index is 0.197. The smallest absolute Gasteiger partial charge is 0.325 e. The van der Waals surface area contributed by atoms with E-state index >= 15 is 0 Å². The molecular weight excluding hydrogens is 365 g/mol. The molecule has 0 aliphatic rings. The van der Waals surface area contributed by atoms with E-state index in [2.05, 4.69) is 10.3 Å². The number of amides is 1. The Morgan fingerprint density at radius 2 is 1.78 bits per heavy atom. The lowest BCUT2D eigenvalue weighted by Gasteiger charge is -2.12. The van der Waals surface area contributed by atoms with Crippen LogP contribution in [0.1, 0.15) is 5.69 Å². The van der Waals surface area contributed by atoms with Crippen molar-refractivity contribution in [2.45, 2.75) is 12.7 Å². The predicted octanol–water partition coefficient (Wildman–Crippen LogP) is 1.75. The largest absolute Gasteiger partial charge is 0.433 e. The molecule has 3 aromatic rings. The van der Waals surface area contributed by atoms with Crippen molar-refractivity contribution in [1.29, 1.82) is 0 Å². The minimum Gasteiger partial charge on any atom is -0.325 e. The van der Waals surface area contributed by atoms with Gasteiger partial charge < -0.3 is 5.32 Å². The topological polar surface area (TPSA) is 86.0 Å². The molecular formula is C17H13F3N4O3. The average Bonchev–Trinajstić information content (AvgIpc) is 2.63. The van der Waals surface area contributed by atoms with Crippen molar-refractivity contribution in [3.05, 3.63) is 69.0 Å². The number of carbonyl (C=O) groups excluding carboxylic acids is 1. The Morgan fingerprint density at radius 1 is 1.11 bits per heavy atom. The quantitative estimate of drug-likeness (QED) is 0.753. The van der Waals surface area contributed by atoms with Gasteiger partial charge in [-0.15, -0.1) is 0 Å². The van der Waals surface area contributed by atoms with E-state index in [1.165, 1.54) is 7.05 Å². The zero-order chi connectivity index (χ0) is 19.8. The van der Waals surface area contributed by atoms with Gasteiger partial charge in [-0.25, -0.2) is 9.78 Å². The highest BCUT2D eigenvalue weighted by Gasteiger charge is 2.33. The number of aromatic nitrogens is 3. The molecule has 0 bridgehead atoms. The summed E-state index contributed by atoms with van der Waals surface area (Å²) in [5.74, 6) is -0.625. The van der Waals surface area contributed by atoms with Crippen LogP contribution in [0.3, 0.4) is 0 Å². The van der Waals surface area contributed by atoms with Gasteiger partial charge in [0, 0.05) is 12.7 Å². The van der Waals surface area contributed by atoms with E-state index in [4.69, 9.17) is 0 Å². The van der Waals surface area contributed by atoms with Crippen molar-refractivity contribution in [3.63, 3.8) is 0 Å². The molecule has 140 valence electrons. The lowest BCUT2D eigenvalue weighted by atomic mass is 10.2. The van der Waals surface area contributed by atoms with Gasteiger partial charge in [-0.3, -0.25) is 18.7 Å². The first-order chi connectivity index (χ1) is 12.7. The summed E-state index contributed by atoms with van der Waals surface area (Å²) < 4.78 is 39.9. The van der Waals surface area contributed by atoms with E-state index in [1.54, 1.807) is 30.3 Å². The van der Waals surface area contributed by atoms with E-state index in [0.717, 1.165) is 10.6 Å². The Kier molecular flexibility index (Phi) is 4.56. The summed E-state index contributed by atoms with van der Waals surface area (Å²) in [5.41, 5.74) is -2.98. The molecule has 0 unspecified atom stereocenters. The predicted molar refractivity (Wildman–Crippen MR) is 91.3 cm³/mol. The minimum atomic E-state index is -4.71. The van der Waals surface area contributed by atoms with Crippen LogP contribution < -0.4 is 16.6 Å². The van der Waals surface area contributed by atoms with Crippen LogP contribution in [0.4, 0.5) is 18.9 Å². The normalized spacial score (nSPS) is 11.6. The fourth-order valence-electron chi connectivity index (χ4n) is 2.54. The highest BCUT2D eigenvalue weighted by molar-refractivity contribution is 5.90. The number of halogens is 3. The van der Waals surface area contributed by atoms with Gasteiger partial charge in [0.1, 0.15) is 17.9 Å². The second kappa shape index (κ2) is 6.71. The number of nitrogens with zero attached hydrogens (tertiary/aromatic N) is 3. The second-order valence-corrected chi connectivity index (χ2v) is 5.71. The standard InChI is InChI=1S/C17H13F3N4O3/c1-23-14-11(7-8-12(22-14)17(18,19)20)15(26)24(16(23)27)9-13(25)21-10-5-3-2-4-6-10/h2-8H,9H2,1H3,(H,21,25). The maximum atomic E-state index is 12.8. The van der Waals surface area contributed by atoms with E-state index in [-0.39, 0.29) is 5.39 Å². The molecule has 3 rings (SSSR count). The SMILES string of the molecule is Cn1c(=O)n(CC(=O)Nc2ccccc2)c(=O)c2ccc(C(F)(F)F)nc21. The Bertz CT molecular complexity index is 1130. The summed E-state index contributed by atoms with van der Waals surface area (Å²) in [6, 6.07) is 9.99. The van der Waals surface area contributed by atoms with Crippen LogP contribution in [0, 0.1) is 0 Å². The first-order valence-corrected chi connectivity index (χ1v) is 7.71. The first-order valence-electron chi connectivity index (χ1n) is 7.71. The van der Waals surface area contributed by atoms with Crippen molar-refractivity contribution in [2.75, 3.05) is 5.32 Å². The Balaban J connectivity index is 2.03. The third kappa shape index (κ3) is 3.59. The van der Waals surface area contributed by atoms with Crippen molar-refractivity contribution in [1.82, 2.24) is 14.1 Å². The van der Waals surface area contributed by atoms with Crippen molar-refractivity contribution < 1.29 is 18.0 Å². The lowest BCUT2D eigenvalue weighted by molar-refractivity contribution is -0.141. The fraction of sp³-hybridized carbons (Fsp3) is 0.176. The Morgan fingerprint density at radius 3 is 2.41 bits per heavy atom. The van der Waals surface area contributed by atoms with Crippen LogP contribution in [-0.4, -0.2) is 20.0 Å². The molecule has 7 nitrogen and oxygen atoms in total. The fourth-order valence-corrected chi connectivity index (χ4v) is 2.54. The number of benzene rings is 1. The highest BCUT2D eigenvalue weighted by Crippen LogP contribution is 2.28. The molecule has 1 aromatic carbocycles. The monoisotopic (exact) mass is 378 g/mol. The number of hydrogen-bond acceptors (Lipinski definition) is 4. The Hall–Kier alpha value is -3.43. The maximum absolute atomic E-state index is 12.8. The third-order valence-electron chi connectivity index (χ3n) is 3.84. The van der Waals surface area contributed by atoms with Crippen LogP contribution in [0.25, 0.3) is 11.0 Å². The molecule has 0 fully saturated rings. The van der Waals surface area contributed by atoms with Gasteiger partial charge in [0.15, 0.2) is 0 Å². The Labute approximate surface area is 149 Å². The molecule has 27 heavy (non-hydrogen) atoms. The molecule has 2 aromatic heterocycles. The summed E-state index contributed by atoms with van der Waals surface area (Å²) in [6.07, 6.45) is -4.71. The summed E-state index contributed by atoms with van der Waals surface area (Å²) in [5, 5.41) is 2.33. The highest BCUT2D eigenvalue weighted by atomic mass is 19.4. The molecule has 0 atom stereocenters. The number of fused-ring (bicyclic) bond motifs is 1. The lowest BCUT2D eigenvalue weighted by Crippen LogP contribution is -2.42. The first kappa shape index (κ1) is 18.4. The van der Waals surface area contributed by atoms with Gasteiger partial charge in [-0.1, -0.05) is 18.2 Å². The molecule has 0 radical (unpaired) electrons. The molecule has 0 spiro atoms. The van der Waals surface area contributed by atoms with E-state index in [0.29, 0.717) is 16.3 Å². The molecule has 0 saturated heterocycles. The number of hydrogen-bond donors (Lipinski definition) is 1. The molecule has 0 saturated carbocycles. The van der Waals surface area contributed by atoms with Gasteiger partial charge >= 0.3 is 11.9 Å². The van der Waals surface area contributed by atoms with E-state index in [9.17, 15) is 27.6 Å². The van der Waals surface area contributed by atoms with E-state index < -0.39 is 41.2 Å². The number of alkyl halides is 3. The van der Waals surface area contributed by atoms with Crippen LogP contribution in [0.15, 0.2) is 52.1 Å². The van der Waals surface area contributed by atoms with Crippen molar-refractivity contribution >= 4 is 22.6 Å². The third-order valence-corrected chi connectivity index (χ3v) is 3.84. The van der Waals surface area contributed by atoms with Gasteiger partial charge in [-0.05, 0) is 24.3 Å². The number of nitrogens with one attached hydrogen (secondary N) is 1. The molecule has 0 aliphatic carbocycles. The van der Waals surface area contributed by atoms with Crippen LogP contribution >= 0.6 is 0 Å². The maximum Gasteiger partial charge on any atom is 0.433 e. The average molecular weight is 378 g/mol. The van der Waals surface area contributed by atoms with Crippen molar-refractivity contribution in [2.24, 2.45) is 7.05 Å². The summed E-state index contributed by atoms with van der Waals surface area (Å²) in [7, 11) is 1.18. The molecule has 2 heterocycles. The zero-order valence-corrected chi connectivity index (χ0v) is 13.9. The molecule has 0 aliphatic heterocycles. The van der Waals surface area contributed by atoms with Crippen LogP contribution in [-0.2, 0) is 24.6 Å². The molecule has 10 heteroatoms. The second-order valence-electron chi connectivity index (χ2n) is 5.71. The van der Waals surface area contributed by atoms with E-state index in [1.807, 2.05) is 0 Å². The number of carbonyl (C=O) groups is 1. The number of aryl methyl sites for hydroxylation is 1.